The molecule has 0 aliphatic rings. The Balaban J connectivity index is 2.90. The van der Waals surface area contributed by atoms with Crippen molar-refractivity contribution in [2.24, 2.45) is 0 Å². The summed E-state index contributed by atoms with van der Waals surface area (Å²) in [7, 11) is 1.69. The largest absolute Gasteiger partial charge is 0.465 e. The third-order valence-electron chi connectivity index (χ3n) is 2.24. The van der Waals surface area contributed by atoms with E-state index in [-0.39, 0.29) is 5.91 Å². The first-order valence-electron chi connectivity index (χ1n) is 4.90. The van der Waals surface area contributed by atoms with Crippen LogP contribution in [0, 0.1) is 0 Å². The van der Waals surface area contributed by atoms with Crippen LogP contribution in [0.4, 0.5) is 10.5 Å². The summed E-state index contributed by atoms with van der Waals surface area (Å²) in [6, 6.07) is 5.09. The van der Waals surface area contributed by atoms with E-state index in [1.54, 1.807) is 30.1 Å². The second-order valence-electron chi connectivity index (χ2n) is 3.61. The molecular formula is C11H13BrN2O3. The second kappa shape index (κ2) is 5.67. The Kier molecular flexibility index (Phi) is 4.51. The average molecular weight is 301 g/mol. The van der Waals surface area contributed by atoms with Crippen molar-refractivity contribution < 1.29 is 14.7 Å². The number of halogens is 1. The van der Waals surface area contributed by atoms with Crippen LogP contribution in [0.25, 0.3) is 0 Å². The van der Waals surface area contributed by atoms with Gasteiger partial charge in [-0.2, -0.15) is 0 Å². The van der Waals surface area contributed by atoms with Gasteiger partial charge in [-0.1, -0.05) is 15.9 Å². The third-order valence-corrected chi connectivity index (χ3v) is 3.02. The van der Waals surface area contributed by atoms with Crippen molar-refractivity contribution in [2.75, 3.05) is 12.4 Å². The van der Waals surface area contributed by atoms with Gasteiger partial charge in [0, 0.05) is 30.7 Å². The SMILES string of the molecule is CC(=O)N(C)Cc1cc(NC(=O)O)ccc1Br. The van der Waals surface area contributed by atoms with Crippen LogP contribution in [0.2, 0.25) is 0 Å². The van der Waals surface area contributed by atoms with Gasteiger partial charge in [0.05, 0.1) is 0 Å². The maximum atomic E-state index is 11.1. The molecule has 0 aliphatic carbocycles. The molecule has 1 rings (SSSR count). The van der Waals surface area contributed by atoms with Crippen LogP contribution in [-0.4, -0.2) is 29.1 Å². The van der Waals surface area contributed by atoms with E-state index >= 15 is 0 Å². The lowest BCUT2D eigenvalue weighted by molar-refractivity contribution is -0.128. The van der Waals surface area contributed by atoms with Crippen LogP contribution in [0.15, 0.2) is 22.7 Å². The normalized spacial score (nSPS) is 9.82. The number of carboxylic acid groups (broad SMARTS) is 1. The summed E-state index contributed by atoms with van der Waals surface area (Å²) in [5.74, 6) is -0.0477. The summed E-state index contributed by atoms with van der Waals surface area (Å²) in [5, 5.41) is 10.9. The minimum absolute atomic E-state index is 0.0477. The Morgan fingerprint density at radius 3 is 2.65 bits per heavy atom. The van der Waals surface area contributed by atoms with Gasteiger partial charge < -0.3 is 10.0 Å². The molecule has 0 radical (unpaired) electrons. The monoisotopic (exact) mass is 300 g/mol. The fraction of sp³-hybridized carbons (Fsp3) is 0.273. The number of nitrogens with zero attached hydrogens (tertiary/aromatic N) is 1. The number of hydrogen-bond acceptors (Lipinski definition) is 2. The van der Waals surface area contributed by atoms with Crippen molar-refractivity contribution in [3.8, 4) is 0 Å². The molecule has 5 nitrogen and oxygen atoms in total. The molecule has 1 aromatic rings. The summed E-state index contributed by atoms with van der Waals surface area (Å²) in [5.41, 5.74) is 1.32. The van der Waals surface area contributed by atoms with Crippen LogP contribution in [0.5, 0.6) is 0 Å². The predicted molar refractivity (Wildman–Crippen MR) is 67.9 cm³/mol. The Hall–Kier alpha value is -1.56. The van der Waals surface area contributed by atoms with Crippen molar-refractivity contribution in [3.63, 3.8) is 0 Å². The number of benzene rings is 1. The molecule has 0 saturated carbocycles. The molecule has 1 aromatic carbocycles. The molecule has 2 amide bonds. The molecule has 0 aliphatic heterocycles. The van der Waals surface area contributed by atoms with Gasteiger partial charge in [-0.3, -0.25) is 10.1 Å². The molecule has 0 spiro atoms. The van der Waals surface area contributed by atoms with E-state index in [9.17, 15) is 9.59 Å². The van der Waals surface area contributed by atoms with Crippen LogP contribution in [-0.2, 0) is 11.3 Å². The highest BCUT2D eigenvalue weighted by atomic mass is 79.9. The third kappa shape index (κ3) is 4.07. The average Bonchev–Trinajstić information content (AvgIpc) is 2.22. The van der Waals surface area contributed by atoms with Crippen LogP contribution >= 0.6 is 15.9 Å². The standard InChI is InChI=1S/C11H13BrN2O3/c1-7(15)14(2)6-8-5-9(13-11(16)17)3-4-10(8)12/h3-5,13H,6H2,1-2H3,(H,16,17). The predicted octanol–water partition coefficient (Wildman–Crippen LogP) is 2.52. The van der Waals surface area contributed by atoms with E-state index in [1.807, 2.05) is 0 Å². The molecule has 92 valence electrons. The lowest BCUT2D eigenvalue weighted by atomic mass is 10.2. The Labute approximate surface area is 108 Å². The van der Waals surface area contributed by atoms with Crippen molar-refractivity contribution in [1.29, 1.82) is 0 Å². The van der Waals surface area contributed by atoms with Gasteiger partial charge in [0.2, 0.25) is 5.91 Å². The van der Waals surface area contributed by atoms with Gasteiger partial charge >= 0.3 is 6.09 Å². The lowest BCUT2D eigenvalue weighted by Crippen LogP contribution is -2.23. The van der Waals surface area contributed by atoms with E-state index < -0.39 is 6.09 Å². The topological polar surface area (TPSA) is 69.6 Å². The van der Waals surface area contributed by atoms with E-state index in [0.29, 0.717) is 12.2 Å². The maximum absolute atomic E-state index is 11.1. The maximum Gasteiger partial charge on any atom is 0.409 e. The smallest absolute Gasteiger partial charge is 0.409 e. The number of hydrogen-bond donors (Lipinski definition) is 2. The molecule has 6 heteroatoms. The number of carbonyl (C=O) groups excluding carboxylic acids is 1. The zero-order valence-electron chi connectivity index (χ0n) is 9.53. The number of carbonyl (C=O) groups is 2. The summed E-state index contributed by atoms with van der Waals surface area (Å²) in [6.07, 6.45) is -1.11. The first kappa shape index (κ1) is 13.5. The Morgan fingerprint density at radius 2 is 2.12 bits per heavy atom. The number of rotatable bonds is 3. The van der Waals surface area contributed by atoms with Gasteiger partial charge in [0.1, 0.15) is 0 Å². The zero-order chi connectivity index (χ0) is 13.0. The molecule has 0 heterocycles. The summed E-state index contributed by atoms with van der Waals surface area (Å²) in [6.45, 7) is 1.90. The van der Waals surface area contributed by atoms with Crippen LogP contribution in [0.1, 0.15) is 12.5 Å². The van der Waals surface area contributed by atoms with Crippen molar-refractivity contribution in [2.45, 2.75) is 13.5 Å². The van der Waals surface area contributed by atoms with Gasteiger partial charge in [0.15, 0.2) is 0 Å². The molecule has 0 unspecified atom stereocenters. The quantitative estimate of drug-likeness (QED) is 0.901. The van der Waals surface area contributed by atoms with Gasteiger partial charge in [0.25, 0.3) is 0 Å². The van der Waals surface area contributed by atoms with Crippen LogP contribution in [0.3, 0.4) is 0 Å². The first-order chi connectivity index (χ1) is 7.90. The molecule has 0 atom stereocenters. The Bertz CT molecular complexity index is 448. The van der Waals surface area contributed by atoms with Crippen LogP contribution < -0.4 is 5.32 Å². The highest BCUT2D eigenvalue weighted by molar-refractivity contribution is 9.10. The highest BCUT2D eigenvalue weighted by Gasteiger charge is 2.08. The van der Waals surface area contributed by atoms with Gasteiger partial charge in [-0.25, -0.2) is 4.79 Å². The Morgan fingerprint density at radius 1 is 1.47 bits per heavy atom. The first-order valence-corrected chi connectivity index (χ1v) is 5.69. The van der Waals surface area contributed by atoms with Crippen molar-refractivity contribution >= 4 is 33.6 Å². The zero-order valence-corrected chi connectivity index (χ0v) is 11.1. The fourth-order valence-corrected chi connectivity index (χ4v) is 1.64. The van der Waals surface area contributed by atoms with Crippen molar-refractivity contribution in [3.05, 3.63) is 28.2 Å². The molecular weight excluding hydrogens is 288 g/mol. The summed E-state index contributed by atoms with van der Waals surface area (Å²) in [4.78, 5) is 23.2. The molecule has 0 aromatic heterocycles. The van der Waals surface area contributed by atoms with Gasteiger partial charge in [-0.15, -0.1) is 0 Å². The summed E-state index contributed by atoms with van der Waals surface area (Å²) < 4.78 is 0.835. The number of amides is 2. The second-order valence-corrected chi connectivity index (χ2v) is 4.47. The molecule has 0 bridgehead atoms. The summed E-state index contributed by atoms with van der Waals surface area (Å²) >= 11 is 3.36. The molecule has 0 saturated heterocycles. The minimum Gasteiger partial charge on any atom is -0.465 e. The fourth-order valence-electron chi connectivity index (χ4n) is 1.26. The molecule has 2 N–H and O–H groups in total. The minimum atomic E-state index is -1.11. The number of anilines is 1. The lowest BCUT2D eigenvalue weighted by Gasteiger charge is -2.16. The van der Waals surface area contributed by atoms with E-state index in [1.165, 1.54) is 6.92 Å². The molecule has 0 fully saturated rings. The van der Waals surface area contributed by atoms with E-state index in [0.717, 1.165) is 10.0 Å². The highest BCUT2D eigenvalue weighted by Crippen LogP contribution is 2.22. The molecule has 17 heavy (non-hydrogen) atoms. The van der Waals surface area contributed by atoms with E-state index in [2.05, 4.69) is 21.2 Å². The van der Waals surface area contributed by atoms with Crippen molar-refractivity contribution in [1.82, 2.24) is 4.90 Å². The van der Waals surface area contributed by atoms with E-state index in [4.69, 9.17) is 5.11 Å². The number of nitrogens with one attached hydrogen (secondary N) is 1. The van der Waals surface area contributed by atoms with Gasteiger partial charge in [-0.05, 0) is 23.8 Å².